The Balaban J connectivity index is 2.14. The van der Waals surface area contributed by atoms with Crippen LogP contribution in [0.2, 0.25) is 0 Å². The van der Waals surface area contributed by atoms with E-state index in [2.05, 4.69) is 13.8 Å². The van der Waals surface area contributed by atoms with Crippen molar-refractivity contribution in [1.82, 2.24) is 0 Å². The van der Waals surface area contributed by atoms with Crippen molar-refractivity contribution in [3.63, 3.8) is 0 Å². The van der Waals surface area contributed by atoms with Gasteiger partial charge in [0.2, 0.25) is 0 Å². The first-order valence-corrected chi connectivity index (χ1v) is 4.74. The molecule has 0 spiro atoms. The molecule has 0 amide bonds. The Morgan fingerprint density at radius 2 is 2.20 bits per heavy atom. The lowest BCUT2D eigenvalue weighted by atomic mass is 9.73. The molecule has 0 radical (unpaired) electrons. The Kier molecular flexibility index (Phi) is 1.33. The van der Waals surface area contributed by atoms with Crippen molar-refractivity contribution in [1.29, 1.82) is 0 Å². The number of rotatable bonds is 1. The number of hydrogen-bond acceptors (Lipinski definition) is 0. The van der Waals surface area contributed by atoms with Gasteiger partial charge in [-0.05, 0) is 36.5 Å². The van der Waals surface area contributed by atoms with Crippen LogP contribution in [0.1, 0.15) is 46.0 Å². The molecule has 2 saturated carbocycles. The molecule has 0 aromatic rings. The highest BCUT2D eigenvalue weighted by Crippen LogP contribution is 2.57. The molecule has 0 heterocycles. The first kappa shape index (κ1) is 6.69. The molecular formula is C10H18. The van der Waals surface area contributed by atoms with E-state index in [9.17, 15) is 0 Å². The van der Waals surface area contributed by atoms with Gasteiger partial charge < -0.3 is 0 Å². The van der Waals surface area contributed by atoms with Gasteiger partial charge in [0.15, 0.2) is 0 Å². The fourth-order valence-electron chi connectivity index (χ4n) is 3.15. The van der Waals surface area contributed by atoms with Crippen molar-refractivity contribution in [2.45, 2.75) is 46.0 Å². The number of fused-ring (bicyclic) bond motifs is 2. The molecular weight excluding hydrogens is 120 g/mol. The van der Waals surface area contributed by atoms with Gasteiger partial charge in [0.25, 0.3) is 0 Å². The van der Waals surface area contributed by atoms with E-state index >= 15 is 0 Å². The van der Waals surface area contributed by atoms with E-state index in [1.54, 1.807) is 12.8 Å². The fraction of sp³-hybridized carbons (Fsp3) is 1.00. The molecule has 0 saturated heterocycles. The van der Waals surface area contributed by atoms with Gasteiger partial charge in [0.05, 0.1) is 0 Å². The van der Waals surface area contributed by atoms with Crippen LogP contribution in [0, 0.1) is 17.3 Å². The van der Waals surface area contributed by atoms with Crippen molar-refractivity contribution in [3.8, 4) is 0 Å². The first-order valence-electron chi connectivity index (χ1n) is 4.74. The van der Waals surface area contributed by atoms with E-state index in [0.29, 0.717) is 0 Å². The zero-order valence-electron chi connectivity index (χ0n) is 7.19. The van der Waals surface area contributed by atoms with E-state index in [4.69, 9.17) is 0 Å². The maximum Gasteiger partial charge on any atom is -0.0297 e. The highest BCUT2D eigenvalue weighted by molar-refractivity contribution is 4.96. The molecule has 2 fully saturated rings. The van der Waals surface area contributed by atoms with Crippen LogP contribution in [0.25, 0.3) is 0 Å². The summed E-state index contributed by atoms with van der Waals surface area (Å²) >= 11 is 0. The highest BCUT2D eigenvalue weighted by Gasteiger charge is 2.46. The molecule has 0 N–H and O–H groups in total. The second kappa shape index (κ2) is 1.99. The smallest absolute Gasteiger partial charge is 0.0297 e. The average molecular weight is 138 g/mol. The third kappa shape index (κ3) is 0.741. The standard InChI is InChI=1S/C10H18/c1-3-10(2)7-8-4-5-9(10)6-8/h8-9H,3-7H2,1-2H3/t8?,9?,10-/m0/s1. The van der Waals surface area contributed by atoms with Crippen LogP contribution in [-0.2, 0) is 0 Å². The Morgan fingerprint density at radius 3 is 2.50 bits per heavy atom. The van der Waals surface area contributed by atoms with E-state index in [0.717, 1.165) is 17.3 Å². The lowest BCUT2D eigenvalue weighted by Gasteiger charge is -2.32. The molecule has 2 aliphatic rings. The molecule has 2 rings (SSSR count). The van der Waals surface area contributed by atoms with Gasteiger partial charge in [0, 0.05) is 0 Å². The van der Waals surface area contributed by atoms with Crippen molar-refractivity contribution >= 4 is 0 Å². The monoisotopic (exact) mass is 138 g/mol. The molecule has 3 atom stereocenters. The summed E-state index contributed by atoms with van der Waals surface area (Å²) in [5.41, 5.74) is 0.753. The summed E-state index contributed by atoms with van der Waals surface area (Å²) in [5, 5.41) is 0. The van der Waals surface area contributed by atoms with Crippen molar-refractivity contribution < 1.29 is 0 Å². The van der Waals surface area contributed by atoms with E-state index < -0.39 is 0 Å². The first-order chi connectivity index (χ1) is 4.74. The summed E-state index contributed by atoms with van der Waals surface area (Å²) in [6.45, 7) is 4.86. The van der Waals surface area contributed by atoms with Gasteiger partial charge in [-0.3, -0.25) is 0 Å². The topological polar surface area (TPSA) is 0 Å². The lowest BCUT2D eigenvalue weighted by Crippen LogP contribution is -2.22. The molecule has 0 aliphatic heterocycles. The molecule has 2 unspecified atom stereocenters. The molecule has 2 aliphatic carbocycles. The highest BCUT2D eigenvalue weighted by atomic mass is 14.5. The summed E-state index contributed by atoms with van der Waals surface area (Å²) in [4.78, 5) is 0. The molecule has 0 heteroatoms. The van der Waals surface area contributed by atoms with Crippen LogP contribution in [0.15, 0.2) is 0 Å². The van der Waals surface area contributed by atoms with Crippen LogP contribution in [0.5, 0.6) is 0 Å². The quantitative estimate of drug-likeness (QED) is 0.522. The predicted octanol–water partition coefficient (Wildman–Crippen LogP) is 3.22. The second-order valence-electron chi connectivity index (χ2n) is 4.59. The second-order valence-corrected chi connectivity index (χ2v) is 4.59. The van der Waals surface area contributed by atoms with Gasteiger partial charge in [-0.1, -0.05) is 26.7 Å². The summed E-state index contributed by atoms with van der Waals surface area (Å²) in [6, 6.07) is 0. The largest absolute Gasteiger partial charge is 0.0649 e. The maximum absolute atomic E-state index is 2.50. The van der Waals surface area contributed by atoms with Crippen LogP contribution >= 0.6 is 0 Å². The van der Waals surface area contributed by atoms with Gasteiger partial charge in [0.1, 0.15) is 0 Å². The van der Waals surface area contributed by atoms with Crippen molar-refractivity contribution in [2.24, 2.45) is 17.3 Å². The van der Waals surface area contributed by atoms with E-state index in [1.807, 2.05) is 0 Å². The maximum atomic E-state index is 2.50. The molecule has 58 valence electrons. The minimum absolute atomic E-state index is 0.753. The molecule has 0 aromatic carbocycles. The summed E-state index contributed by atoms with van der Waals surface area (Å²) in [6.07, 6.45) is 7.59. The fourth-order valence-corrected chi connectivity index (χ4v) is 3.15. The van der Waals surface area contributed by atoms with E-state index in [1.165, 1.54) is 19.3 Å². The zero-order chi connectivity index (χ0) is 7.19. The Bertz CT molecular complexity index is 139. The molecule has 0 aromatic heterocycles. The Hall–Kier alpha value is 0. The van der Waals surface area contributed by atoms with Gasteiger partial charge >= 0.3 is 0 Å². The van der Waals surface area contributed by atoms with Crippen LogP contribution < -0.4 is 0 Å². The van der Waals surface area contributed by atoms with Gasteiger partial charge in [-0.15, -0.1) is 0 Å². The lowest BCUT2D eigenvalue weighted by molar-refractivity contribution is 0.182. The van der Waals surface area contributed by atoms with Crippen molar-refractivity contribution in [2.75, 3.05) is 0 Å². The summed E-state index contributed by atoms with van der Waals surface area (Å²) in [5.74, 6) is 2.22. The van der Waals surface area contributed by atoms with Gasteiger partial charge in [-0.2, -0.15) is 0 Å². The minimum Gasteiger partial charge on any atom is -0.0649 e. The zero-order valence-corrected chi connectivity index (χ0v) is 7.19. The SMILES string of the molecule is CC[C@@]1(C)CC2CCC1C2. The van der Waals surface area contributed by atoms with Crippen molar-refractivity contribution in [3.05, 3.63) is 0 Å². The van der Waals surface area contributed by atoms with Crippen LogP contribution in [0.3, 0.4) is 0 Å². The minimum atomic E-state index is 0.753. The molecule has 0 nitrogen and oxygen atoms in total. The van der Waals surface area contributed by atoms with Crippen LogP contribution in [-0.4, -0.2) is 0 Å². The molecule has 2 bridgehead atoms. The summed E-state index contributed by atoms with van der Waals surface area (Å²) < 4.78 is 0. The van der Waals surface area contributed by atoms with Crippen LogP contribution in [0.4, 0.5) is 0 Å². The summed E-state index contributed by atoms with van der Waals surface area (Å²) in [7, 11) is 0. The Labute approximate surface area is 64.0 Å². The third-order valence-electron chi connectivity index (χ3n) is 4.09. The third-order valence-corrected chi connectivity index (χ3v) is 4.09. The number of hydrogen-bond donors (Lipinski definition) is 0. The molecule has 10 heavy (non-hydrogen) atoms. The average Bonchev–Trinajstić information content (AvgIpc) is 2.46. The predicted molar refractivity (Wildman–Crippen MR) is 43.8 cm³/mol. The van der Waals surface area contributed by atoms with E-state index in [-0.39, 0.29) is 0 Å². The Morgan fingerprint density at radius 1 is 1.40 bits per heavy atom. The van der Waals surface area contributed by atoms with Gasteiger partial charge in [-0.25, -0.2) is 0 Å². The normalized spacial score (nSPS) is 52.2.